The van der Waals surface area contributed by atoms with E-state index in [0.717, 1.165) is 25.7 Å². The van der Waals surface area contributed by atoms with Crippen molar-refractivity contribution in [2.45, 2.75) is 136 Å². The van der Waals surface area contributed by atoms with E-state index < -0.39 is 15.7 Å². The molecule has 232 valence electrons. The van der Waals surface area contributed by atoms with Gasteiger partial charge in [-0.15, -0.1) is 11.5 Å². The van der Waals surface area contributed by atoms with E-state index in [0.29, 0.717) is 23.5 Å². The molecule has 0 bridgehead atoms. The lowest BCUT2D eigenvalue weighted by Crippen LogP contribution is -2.21. The van der Waals surface area contributed by atoms with Gasteiger partial charge in [-0.2, -0.15) is 0 Å². The third-order valence-corrected chi connectivity index (χ3v) is 11.1. The molecule has 0 saturated heterocycles. The first-order valence-corrected chi connectivity index (χ1v) is 20.6. The number of hydrogen-bond donors (Lipinski definition) is 2. The first-order chi connectivity index (χ1) is 19.6. The highest BCUT2D eigenvalue weighted by atomic mass is 31.2. The Hall–Kier alpha value is -1.76. The van der Waals surface area contributed by atoms with Gasteiger partial charge in [0, 0.05) is 6.42 Å². The number of nitrogens with zero attached hydrogens (tertiary/aromatic N) is 4. The fourth-order valence-electron chi connectivity index (χ4n) is 4.48. The van der Waals surface area contributed by atoms with Gasteiger partial charge >= 0.3 is 7.60 Å². The maximum atomic E-state index is 12.3. The lowest BCUT2D eigenvalue weighted by atomic mass is 10.0. The monoisotopic (exact) mass is 607 g/mol. The van der Waals surface area contributed by atoms with Crippen molar-refractivity contribution >= 4 is 32.7 Å². The average Bonchev–Trinajstić information content (AvgIpc) is 3.35. The highest BCUT2D eigenvalue weighted by Crippen LogP contribution is 2.42. The Kier molecular flexibility index (Phi) is 16.8. The SMILES string of the molecule is CC[Si](C)(C)C#CCCCCCCCCCCCCCCCOP(=O)(O)CO[C@H](C)Cn1cnc2c(N)ncnc21. The first-order valence-electron chi connectivity index (χ1n) is 15.6. The Morgan fingerprint density at radius 2 is 1.56 bits per heavy atom. The second-order valence-electron chi connectivity index (χ2n) is 11.8. The number of unbranched alkanes of at least 4 members (excludes halogenated alkanes) is 13. The Bertz CT molecular complexity index is 1120. The zero-order chi connectivity index (χ0) is 30.0. The highest BCUT2D eigenvalue weighted by Gasteiger charge is 2.21. The molecule has 0 aromatic carbocycles. The summed E-state index contributed by atoms with van der Waals surface area (Å²) >= 11 is 0. The van der Waals surface area contributed by atoms with Crippen LogP contribution in [0.5, 0.6) is 0 Å². The van der Waals surface area contributed by atoms with E-state index in [9.17, 15) is 9.46 Å². The molecule has 2 heterocycles. The van der Waals surface area contributed by atoms with Crippen LogP contribution in [-0.2, 0) is 20.4 Å². The molecule has 2 aromatic rings. The zero-order valence-corrected chi connectivity index (χ0v) is 27.8. The second-order valence-corrected chi connectivity index (χ2v) is 18.3. The van der Waals surface area contributed by atoms with Gasteiger partial charge in [0.05, 0.1) is 25.6 Å². The normalized spacial score (nSPS) is 14.1. The predicted molar refractivity (Wildman–Crippen MR) is 171 cm³/mol. The minimum absolute atomic E-state index is 0.277. The van der Waals surface area contributed by atoms with E-state index in [1.165, 1.54) is 76.6 Å². The van der Waals surface area contributed by atoms with Crippen LogP contribution in [-0.4, -0.2) is 51.5 Å². The molecule has 2 rings (SSSR count). The zero-order valence-electron chi connectivity index (χ0n) is 25.9. The van der Waals surface area contributed by atoms with Crippen LogP contribution in [0.15, 0.2) is 12.7 Å². The minimum Gasteiger partial charge on any atom is -0.382 e. The minimum atomic E-state index is -3.79. The Morgan fingerprint density at radius 1 is 0.976 bits per heavy atom. The Labute approximate surface area is 249 Å². The molecule has 11 heteroatoms. The van der Waals surface area contributed by atoms with Crippen LogP contribution < -0.4 is 5.73 Å². The number of ether oxygens (including phenoxy) is 1. The summed E-state index contributed by atoms with van der Waals surface area (Å²) in [5.74, 6) is 3.73. The van der Waals surface area contributed by atoms with Crippen LogP contribution in [0.3, 0.4) is 0 Å². The summed E-state index contributed by atoms with van der Waals surface area (Å²) in [6.45, 7) is 9.49. The van der Waals surface area contributed by atoms with E-state index in [1.54, 1.807) is 10.9 Å². The summed E-state index contributed by atoms with van der Waals surface area (Å²) in [6, 6.07) is 1.25. The largest absolute Gasteiger partial charge is 0.382 e. The molecular weight excluding hydrogens is 553 g/mol. The molecule has 0 fully saturated rings. The standard InChI is InChI=1S/C30H54N5O4PSi/c1-5-41(3,4)22-20-18-16-14-12-10-8-6-7-9-11-13-15-17-19-21-39-40(36,37)26-38-27(2)23-35-25-34-28-29(31)32-24-33-30(28)35/h24-25,27H,5-19,21,23,26H2,1-4H3,(H,36,37)(H2,31,32,33)/t27-/m1/s1. The van der Waals surface area contributed by atoms with Gasteiger partial charge in [-0.25, -0.2) is 15.0 Å². The fraction of sp³-hybridized carbons (Fsp3) is 0.767. The third-order valence-electron chi connectivity index (χ3n) is 7.46. The molecule has 0 aliphatic carbocycles. The number of nitrogens with two attached hydrogens (primary N) is 1. The van der Waals surface area contributed by atoms with Crippen molar-refractivity contribution in [3.63, 3.8) is 0 Å². The average molecular weight is 608 g/mol. The summed E-state index contributed by atoms with van der Waals surface area (Å²) in [4.78, 5) is 22.5. The Balaban J connectivity index is 1.39. The molecule has 3 N–H and O–H groups in total. The maximum absolute atomic E-state index is 12.3. The topological polar surface area (TPSA) is 125 Å². The summed E-state index contributed by atoms with van der Waals surface area (Å²) < 4.78 is 25.0. The molecule has 0 aliphatic heterocycles. The van der Waals surface area contributed by atoms with Gasteiger partial charge in [-0.05, 0) is 25.8 Å². The van der Waals surface area contributed by atoms with Crippen molar-refractivity contribution in [3.8, 4) is 11.5 Å². The summed E-state index contributed by atoms with van der Waals surface area (Å²) in [7, 11) is -5.00. The van der Waals surface area contributed by atoms with E-state index >= 15 is 0 Å². The summed E-state index contributed by atoms with van der Waals surface area (Å²) in [5.41, 5.74) is 10.5. The molecule has 0 radical (unpaired) electrons. The van der Waals surface area contributed by atoms with E-state index in [2.05, 4.69) is 46.4 Å². The Morgan fingerprint density at radius 3 is 2.17 bits per heavy atom. The van der Waals surface area contributed by atoms with Crippen molar-refractivity contribution in [1.82, 2.24) is 19.5 Å². The lowest BCUT2D eigenvalue weighted by molar-refractivity contribution is 0.0715. The fourth-order valence-corrected chi connectivity index (χ4v) is 6.19. The van der Waals surface area contributed by atoms with Gasteiger partial charge in [-0.3, -0.25) is 4.57 Å². The molecule has 9 nitrogen and oxygen atoms in total. The second kappa shape index (κ2) is 19.4. The molecule has 2 aromatic heterocycles. The number of aromatic nitrogens is 4. The number of imidazole rings is 1. The first kappa shape index (κ1) is 35.4. The molecule has 0 aliphatic rings. The van der Waals surface area contributed by atoms with Gasteiger partial charge in [0.2, 0.25) is 0 Å². The predicted octanol–water partition coefficient (Wildman–Crippen LogP) is 7.71. The van der Waals surface area contributed by atoms with Gasteiger partial charge < -0.3 is 24.5 Å². The van der Waals surface area contributed by atoms with Crippen LogP contribution in [0.4, 0.5) is 5.82 Å². The summed E-state index contributed by atoms with van der Waals surface area (Å²) in [5, 5.41) is 0. The van der Waals surface area contributed by atoms with Gasteiger partial charge in [-0.1, -0.05) is 90.6 Å². The number of hydrogen-bond acceptors (Lipinski definition) is 7. The summed E-state index contributed by atoms with van der Waals surface area (Å²) in [6.07, 6.45) is 19.4. The number of anilines is 1. The molecule has 0 spiro atoms. The molecular formula is C30H54N5O4PSi. The molecule has 2 atom stereocenters. The number of nitrogen functional groups attached to an aromatic ring is 1. The van der Waals surface area contributed by atoms with E-state index in [-0.39, 0.29) is 19.1 Å². The van der Waals surface area contributed by atoms with Crippen molar-refractivity contribution in [3.05, 3.63) is 12.7 Å². The highest BCUT2D eigenvalue weighted by molar-refractivity contribution is 7.52. The van der Waals surface area contributed by atoms with Crippen molar-refractivity contribution in [2.24, 2.45) is 0 Å². The van der Waals surface area contributed by atoms with Crippen molar-refractivity contribution < 1.29 is 18.7 Å². The van der Waals surface area contributed by atoms with Crippen molar-refractivity contribution in [2.75, 3.05) is 18.7 Å². The van der Waals surface area contributed by atoms with E-state index in [1.807, 2.05) is 6.92 Å². The van der Waals surface area contributed by atoms with Crippen molar-refractivity contribution in [1.29, 1.82) is 0 Å². The van der Waals surface area contributed by atoms with E-state index in [4.69, 9.17) is 15.0 Å². The van der Waals surface area contributed by atoms with Crippen LogP contribution in [0.1, 0.15) is 104 Å². The molecule has 0 saturated carbocycles. The van der Waals surface area contributed by atoms with Gasteiger partial charge in [0.15, 0.2) is 11.5 Å². The maximum Gasteiger partial charge on any atom is 0.353 e. The van der Waals surface area contributed by atoms with Gasteiger partial charge in [0.25, 0.3) is 0 Å². The van der Waals surface area contributed by atoms with Crippen LogP contribution in [0, 0.1) is 11.5 Å². The van der Waals surface area contributed by atoms with Gasteiger partial charge in [0.1, 0.15) is 26.3 Å². The van der Waals surface area contributed by atoms with Crippen LogP contribution in [0.2, 0.25) is 19.1 Å². The third kappa shape index (κ3) is 15.3. The number of rotatable bonds is 22. The van der Waals surface area contributed by atoms with Crippen LogP contribution >= 0.6 is 7.60 Å². The molecule has 41 heavy (non-hydrogen) atoms. The quantitative estimate of drug-likeness (QED) is 0.0603. The molecule has 1 unspecified atom stereocenters. The molecule has 0 amide bonds. The van der Waals surface area contributed by atoms with Crippen LogP contribution in [0.25, 0.3) is 11.2 Å². The number of fused-ring (bicyclic) bond motifs is 1. The smallest absolute Gasteiger partial charge is 0.353 e. The lowest BCUT2D eigenvalue weighted by Gasteiger charge is -2.17.